The van der Waals surface area contributed by atoms with Crippen LogP contribution in [-0.2, 0) is 4.74 Å². The van der Waals surface area contributed by atoms with E-state index in [1.165, 1.54) is 39.5 Å². The average molecular weight is 500 g/mol. The number of carbonyl (C=O) groups is 1. The van der Waals surface area contributed by atoms with E-state index in [-0.39, 0.29) is 47.3 Å². The Balaban J connectivity index is 1.62. The number of carbonyl (C=O) groups excluding carboxylic acids is 1. The molecular weight excluding hydrogens is 478 g/mol. The van der Waals surface area contributed by atoms with Crippen LogP contribution in [0.25, 0.3) is 22.7 Å². The lowest BCUT2D eigenvalue weighted by Crippen LogP contribution is -2.34. The van der Waals surface area contributed by atoms with Gasteiger partial charge >= 0.3 is 11.8 Å². The van der Waals surface area contributed by atoms with Crippen LogP contribution in [0.1, 0.15) is 20.8 Å². The van der Waals surface area contributed by atoms with Gasteiger partial charge in [0.1, 0.15) is 41.6 Å². The SMILES string of the molecule is CC(C)(C)OC(=O)NCCOc1ccc(F)cc1-c1cc(F)cn1-c1ccn2ncc([N+](=O)[O-])c2n1. The summed E-state index contributed by atoms with van der Waals surface area (Å²) < 4.78 is 42.1. The highest BCUT2D eigenvalue weighted by atomic mass is 19.1. The fraction of sp³-hybridized carbons (Fsp3) is 0.261. The normalized spacial score (nSPS) is 11.5. The smallest absolute Gasteiger partial charge is 0.407 e. The fourth-order valence-electron chi connectivity index (χ4n) is 3.39. The summed E-state index contributed by atoms with van der Waals surface area (Å²) in [7, 11) is 0. The van der Waals surface area contributed by atoms with Crippen LogP contribution in [0.2, 0.25) is 0 Å². The molecule has 13 heteroatoms. The van der Waals surface area contributed by atoms with Gasteiger partial charge in [-0.2, -0.15) is 5.10 Å². The predicted octanol–water partition coefficient (Wildman–Crippen LogP) is 4.28. The summed E-state index contributed by atoms with van der Waals surface area (Å²) in [5.41, 5.74) is -0.611. The lowest BCUT2D eigenvalue weighted by molar-refractivity contribution is -0.383. The molecule has 188 valence electrons. The Bertz CT molecular complexity index is 1440. The van der Waals surface area contributed by atoms with Crippen molar-refractivity contribution in [2.24, 2.45) is 0 Å². The molecule has 0 unspecified atom stereocenters. The molecule has 0 aliphatic heterocycles. The van der Waals surface area contributed by atoms with Gasteiger partial charge in [0.2, 0.25) is 5.65 Å². The number of amides is 1. The molecule has 0 atom stereocenters. The molecule has 0 saturated carbocycles. The molecule has 4 rings (SSSR count). The third-order valence-corrected chi connectivity index (χ3v) is 4.81. The molecule has 1 amide bonds. The number of alkyl carbamates (subject to hydrolysis) is 1. The number of rotatable bonds is 7. The van der Waals surface area contributed by atoms with E-state index >= 15 is 0 Å². The second kappa shape index (κ2) is 9.60. The van der Waals surface area contributed by atoms with Gasteiger partial charge in [0.05, 0.1) is 17.2 Å². The minimum atomic E-state index is -0.654. The lowest BCUT2D eigenvalue weighted by atomic mass is 10.1. The van der Waals surface area contributed by atoms with E-state index in [0.29, 0.717) is 0 Å². The van der Waals surface area contributed by atoms with E-state index < -0.39 is 28.3 Å². The van der Waals surface area contributed by atoms with Crippen molar-refractivity contribution < 1.29 is 28.0 Å². The van der Waals surface area contributed by atoms with Crippen molar-refractivity contribution in [3.63, 3.8) is 0 Å². The number of ether oxygens (including phenoxy) is 2. The summed E-state index contributed by atoms with van der Waals surface area (Å²) in [5.74, 6) is -0.867. The maximum absolute atomic E-state index is 14.4. The van der Waals surface area contributed by atoms with E-state index in [9.17, 15) is 23.7 Å². The largest absolute Gasteiger partial charge is 0.491 e. The molecule has 0 spiro atoms. The number of hydrogen-bond donors (Lipinski definition) is 1. The minimum Gasteiger partial charge on any atom is -0.491 e. The molecule has 0 fully saturated rings. The van der Waals surface area contributed by atoms with Gasteiger partial charge in [-0.1, -0.05) is 0 Å². The molecule has 0 radical (unpaired) electrons. The number of halogens is 2. The van der Waals surface area contributed by atoms with Crippen molar-refractivity contribution in [2.45, 2.75) is 26.4 Å². The van der Waals surface area contributed by atoms with Gasteiger partial charge in [-0.3, -0.25) is 14.7 Å². The van der Waals surface area contributed by atoms with Crippen LogP contribution < -0.4 is 10.1 Å². The second-order valence-corrected chi connectivity index (χ2v) is 8.67. The van der Waals surface area contributed by atoms with Crippen molar-refractivity contribution >= 4 is 17.4 Å². The molecule has 1 aromatic carbocycles. The number of nitrogens with zero attached hydrogens (tertiary/aromatic N) is 5. The Morgan fingerprint density at radius 1 is 1.19 bits per heavy atom. The first-order valence-corrected chi connectivity index (χ1v) is 10.8. The van der Waals surface area contributed by atoms with E-state index in [2.05, 4.69) is 15.4 Å². The van der Waals surface area contributed by atoms with Crippen LogP contribution in [0.3, 0.4) is 0 Å². The van der Waals surface area contributed by atoms with E-state index in [0.717, 1.165) is 18.5 Å². The molecule has 0 bridgehead atoms. The molecule has 1 N–H and O–H groups in total. The number of nitrogens with one attached hydrogen (secondary N) is 1. The molecule has 0 saturated heterocycles. The summed E-state index contributed by atoms with van der Waals surface area (Å²) in [5, 5.41) is 17.7. The van der Waals surface area contributed by atoms with Crippen molar-refractivity contribution in [1.29, 1.82) is 0 Å². The van der Waals surface area contributed by atoms with E-state index in [4.69, 9.17) is 9.47 Å². The van der Waals surface area contributed by atoms with Crippen LogP contribution >= 0.6 is 0 Å². The summed E-state index contributed by atoms with van der Waals surface area (Å²) in [6.45, 7) is 5.33. The van der Waals surface area contributed by atoms with Gasteiger partial charge in [0.25, 0.3) is 0 Å². The first-order chi connectivity index (χ1) is 17.0. The van der Waals surface area contributed by atoms with Crippen molar-refractivity contribution in [2.75, 3.05) is 13.2 Å². The van der Waals surface area contributed by atoms with Crippen LogP contribution in [0.15, 0.2) is 48.9 Å². The van der Waals surface area contributed by atoms with Gasteiger partial charge in [-0.05, 0) is 45.0 Å². The van der Waals surface area contributed by atoms with Crippen LogP contribution in [-0.4, -0.2) is 48.9 Å². The monoisotopic (exact) mass is 500 g/mol. The van der Waals surface area contributed by atoms with Crippen LogP contribution in [0, 0.1) is 21.7 Å². The molecule has 4 aromatic rings. The van der Waals surface area contributed by atoms with Gasteiger partial charge in [0.15, 0.2) is 0 Å². The molecule has 0 aliphatic rings. The zero-order valence-corrected chi connectivity index (χ0v) is 19.6. The highest BCUT2D eigenvalue weighted by Crippen LogP contribution is 2.34. The Labute approximate surface area is 203 Å². The van der Waals surface area contributed by atoms with E-state index in [1.807, 2.05) is 0 Å². The summed E-state index contributed by atoms with van der Waals surface area (Å²) in [4.78, 5) is 26.7. The van der Waals surface area contributed by atoms with Crippen molar-refractivity contribution in [3.05, 3.63) is 70.7 Å². The van der Waals surface area contributed by atoms with Crippen LogP contribution in [0.5, 0.6) is 5.75 Å². The third kappa shape index (κ3) is 5.40. The molecule has 0 aliphatic carbocycles. The molecule has 11 nitrogen and oxygen atoms in total. The van der Waals surface area contributed by atoms with Gasteiger partial charge < -0.3 is 14.8 Å². The lowest BCUT2D eigenvalue weighted by Gasteiger charge is -2.20. The van der Waals surface area contributed by atoms with Crippen LogP contribution in [0.4, 0.5) is 19.3 Å². The fourth-order valence-corrected chi connectivity index (χ4v) is 3.39. The molecular formula is C23H22F2N6O5. The molecule has 36 heavy (non-hydrogen) atoms. The predicted molar refractivity (Wildman–Crippen MR) is 124 cm³/mol. The maximum Gasteiger partial charge on any atom is 0.407 e. The topological polar surface area (TPSA) is 126 Å². The zero-order chi connectivity index (χ0) is 26.0. The standard InChI is InChI=1S/C23H22F2N6O5/c1-23(2,3)36-22(32)26-7-9-35-19-5-4-14(24)10-16(19)17-11-15(25)13-29(17)20-6-8-30-21(28-20)18(12-27-30)31(33)34/h4-6,8,10-13H,7,9H2,1-3H3,(H,26,32). The third-order valence-electron chi connectivity index (χ3n) is 4.81. The Hall–Kier alpha value is -4.55. The zero-order valence-electron chi connectivity index (χ0n) is 19.6. The Morgan fingerprint density at radius 2 is 1.97 bits per heavy atom. The summed E-state index contributed by atoms with van der Waals surface area (Å²) >= 11 is 0. The highest BCUT2D eigenvalue weighted by molar-refractivity contribution is 5.70. The van der Waals surface area contributed by atoms with Crippen molar-refractivity contribution in [1.82, 2.24) is 24.5 Å². The first-order valence-electron chi connectivity index (χ1n) is 10.8. The minimum absolute atomic E-state index is 0.0211. The number of benzene rings is 1. The maximum atomic E-state index is 14.4. The average Bonchev–Trinajstić information content (AvgIpc) is 3.39. The number of nitro groups is 1. The summed E-state index contributed by atoms with van der Waals surface area (Å²) in [6, 6.07) is 6.38. The number of fused-ring (bicyclic) bond motifs is 1. The second-order valence-electron chi connectivity index (χ2n) is 8.67. The highest BCUT2D eigenvalue weighted by Gasteiger charge is 2.20. The summed E-state index contributed by atoms with van der Waals surface area (Å²) in [6.07, 6.45) is 3.01. The quantitative estimate of drug-likeness (QED) is 0.228. The van der Waals surface area contributed by atoms with E-state index in [1.54, 1.807) is 20.8 Å². The van der Waals surface area contributed by atoms with Gasteiger partial charge in [0, 0.05) is 24.0 Å². The number of hydrogen-bond acceptors (Lipinski definition) is 7. The first kappa shape index (κ1) is 24.6. The number of aromatic nitrogens is 4. The van der Waals surface area contributed by atoms with Gasteiger partial charge in [-0.15, -0.1) is 0 Å². The molecule has 3 aromatic heterocycles. The molecule has 3 heterocycles. The van der Waals surface area contributed by atoms with Crippen molar-refractivity contribution in [3.8, 4) is 22.8 Å². The Morgan fingerprint density at radius 3 is 2.69 bits per heavy atom. The Kier molecular flexibility index (Phi) is 6.55. The van der Waals surface area contributed by atoms with Gasteiger partial charge in [-0.25, -0.2) is 23.1 Å².